The first kappa shape index (κ1) is 30.0. The number of carbonyl (C=O) groups is 3. The molecule has 4 N–H and O–H groups in total. The Hall–Kier alpha value is -3.24. The maximum Gasteiger partial charge on any atom is 0.459 e. The van der Waals surface area contributed by atoms with Crippen molar-refractivity contribution < 1.29 is 42.9 Å². The number of rotatable bonds is 15. The topological polar surface area (TPSA) is 160 Å². The van der Waals surface area contributed by atoms with Crippen LogP contribution in [0.2, 0.25) is 0 Å². The van der Waals surface area contributed by atoms with E-state index >= 15 is 0 Å². The van der Waals surface area contributed by atoms with Crippen LogP contribution in [-0.2, 0) is 34.6 Å². The normalized spacial score (nSPS) is 14.6. The van der Waals surface area contributed by atoms with Crippen LogP contribution in [0.25, 0.3) is 0 Å². The first-order chi connectivity index (χ1) is 17.5. The molecule has 0 aliphatic heterocycles. The maximum atomic E-state index is 13.8. The number of hydrogen-bond donors (Lipinski definition) is 4. The summed E-state index contributed by atoms with van der Waals surface area (Å²) in [7, 11) is -3.11. The van der Waals surface area contributed by atoms with E-state index in [4.69, 9.17) is 9.05 Å². The third kappa shape index (κ3) is 9.97. The minimum Gasteiger partial charge on any atom is -0.480 e. The molecule has 37 heavy (non-hydrogen) atoms. The molecule has 202 valence electrons. The Morgan fingerprint density at radius 3 is 2.19 bits per heavy atom. The molecule has 0 spiro atoms. The summed E-state index contributed by atoms with van der Waals surface area (Å²) in [6, 6.07) is 15.5. The van der Waals surface area contributed by atoms with Crippen molar-refractivity contribution in [3.8, 4) is 5.75 Å². The SMILES string of the molecule is COC(=O)CCNC(=O)[C@H](O)C(C)(C)COP(=O)(N[C@@H](Cc1ccccc1)C(=O)O)Oc1ccccc1. The number of nitrogens with one attached hydrogen (secondary N) is 2. The third-order valence-corrected chi connectivity index (χ3v) is 6.86. The molecule has 2 aromatic carbocycles. The highest BCUT2D eigenvalue weighted by Crippen LogP contribution is 2.46. The number of aliphatic carboxylic acids is 1. The lowest BCUT2D eigenvalue weighted by atomic mass is 9.87. The van der Waals surface area contributed by atoms with Crippen LogP contribution < -0.4 is 14.9 Å². The highest BCUT2D eigenvalue weighted by Gasteiger charge is 2.39. The number of amides is 1. The zero-order valence-electron chi connectivity index (χ0n) is 21.0. The fraction of sp³-hybridized carbons (Fsp3) is 0.400. The molecule has 0 saturated carbocycles. The number of ether oxygens (including phenoxy) is 1. The molecule has 12 heteroatoms. The average Bonchev–Trinajstić information content (AvgIpc) is 2.87. The van der Waals surface area contributed by atoms with Crippen LogP contribution >= 0.6 is 7.75 Å². The van der Waals surface area contributed by atoms with Gasteiger partial charge in [0.15, 0.2) is 0 Å². The largest absolute Gasteiger partial charge is 0.480 e. The van der Waals surface area contributed by atoms with E-state index in [1.807, 2.05) is 0 Å². The number of para-hydroxylation sites is 1. The van der Waals surface area contributed by atoms with Gasteiger partial charge >= 0.3 is 19.7 Å². The summed E-state index contributed by atoms with van der Waals surface area (Å²) < 4.78 is 29.4. The molecule has 0 radical (unpaired) electrons. The van der Waals surface area contributed by atoms with Crippen molar-refractivity contribution in [3.63, 3.8) is 0 Å². The van der Waals surface area contributed by atoms with Gasteiger partial charge in [0.2, 0.25) is 5.91 Å². The quantitative estimate of drug-likeness (QED) is 0.197. The zero-order chi connectivity index (χ0) is 27.5. The smallest absolute Gasteiger partial charge is 0.459 e. The van der Waals surface area contributed by atoms with Crippen molar-refractivity contribution >= 4 is 25.6 Å². The van der Waals surface area contributed by atoms with E-state index in [-0.39, 0.29) is 25.1 Å². The van der Waals surface area contributed by atoms with Gasteiger partial charge in [-0.3, -0.25) is 18.9 Å². The number of carboxylic acids is 1. The minimum absolute atomic E-state index is 0.00368. The van der Waals surface area contributed by atoms with Gasteiger partial charge in [0.05, 0.1) is 20.1 Å². The van der Waals surface area contributed by atoms with Crippen LogP contribution in [0.3, 0.4) is 0 Å². The summed E-state index contributed by atoms with van der Waals surface area (Å²) in [6.07, 6.45) is -1.68. The summed E-state index contributed by atoms with van der Waals surface area (Å²) in [5.41, 5.74) is -0.585. The Balaban J connectivity index is 2.16. The summed E-state index contributed by atoms with van der Waals surface area (Å²) in [5.74, 6) is -2.39. The summed E-state index contributed by atoms with van der Waals surface area (Å²) in [4.78, 5) is 35.6. The predicted octanol–water partition coefficient (Wildman–Crippen LogP) is 2.54. The number of aliphatic hydroxyl groups is 1. The molecule has 2 aromatic rings. The molecule has 11 nitrogen and oxygen atoms in total. The lowest BCUT2D eigenvalue weighted by Gasteiger charge is -2.31. The standard InChI is InChI=1S/C25H33N2O9P/c1-25(2,22(29)23(30)26-15-14-21(28)34-3)17-35-37(33,36-19-12-8-5-9-13-19)27-20(24(31)32)16-18-10-6-4-7-11-18/h4-13,20,22,29H,14-17H2,1-3H3,(H,26,30)(H,27,33)(H,31,32)/t20-,22-,37?/m0/s1. The molecule has 2 rings (SSSR count). The van der Waals surface area contributed by atoms with Crippen LogP contribution in [0, 0.1) is 5.41 Å². The molecule has 1 amide bonds. The van der Waals surface area contributed by atoms with Crippen molar-refractivity contribution in [3.05, 3.63) is 66.2 Å². The first-order valence-electron chi connectivity index (χ1n) is 11.5. The Labute approximate surface area is 215 Å². The monoisotopic (exact) mass is 536 g/mol. The van der Waals surface area contributed by atoms with Gasteiger partial charge in [0, 0.05) is 12.0 Å². The van der Waals surface area contributed by atoms with E-state index in [1.165, 1.54) is 33.1 Å². The van der Waals surface area contributed by atoms with Gasteiger partial charge in [-0.05, 0) is 24.1 Å². The first-order valence-corrected chi connectivity index (χ1v) is 13.1. The molecular formula is C25H33N2O9P. The highest BCUT2D eigenvalue weighted by atomic mass is 31.2. The third-order valence-electron chi connectivity index (χ3n) is 5.31. The van der Waals surface area contributed by atoms with Crippen LogP contribution in [0.15, 0.2) is 60.7 Å². The fourth-order valence-corrected chi connectivity index (χ4v) is 4.78. The van der Waals surface area contributed by atoms with E-state index < -0.39 is 49.8 Å². The van der Waals surface area contributed by atoms with Gasteiger partial charge in [-0.15, -0.1) is 0 Å². The second-order valence-corrected chi connectivity index (χ2v) is 10.6. The molecule has 3 atom stereocenters. The number of aliphatic hydroxyl groups excluding tert-OH is 1. The molecule has 0 fully saturated rings. The van der Waals surface area contributed by atoms with E-state index in [0.717, 1.165) is 0 Å². The van der Waals surface area contributed by atoms with Crippen LogP contribution in [0.1, 0.15) is 25.8 Å². The lowest BCUT2D eigenvalue weighted by molar-refractivity contribution is -0.141. The fourth-order valence-electron chi connectivity index (χ4n) is 3.11. The zero-order valence-corrected chi connectivity index (χ0v) is 21.9. The number of hydrogen-bond acceptors (Lipinski definition) is 8. The van der Waals surface area contributed by atoms with E-state index in [0.29, 0.717) is 5.56 Å². The number of carboxylic acid groups (broad SMARTS) is 1. The highest BCUT2D eigenvalue weighted by molar-refractivity contribution is 7.52. The number of esters is 1. The van der Waals surface area contributed by atoms with Gasteiger partial charge < -0.3 is 24.8 Å². The molecule has 1 unspecified atom stereocenters. The summed E-state index contributed by atoms with van der Waals surface area (Å²) >= 11 is 0. The van der Waals surface area contributed by atoms with E-state index in [2.05, 4.69) is 15.1 Å². The Bertz CT molecular complexity index is 1080. The van der Waals surface area contributed by atoms with Gasteiger partial charge in [-0.1, -0.05) is 62.4 Å². The Morgan fingerprint density at radius 2 is 1.62 bits per heavy atom. The molecule has 0 aromatic heterocycles. The van der Waals surface area contributed by atoms with Gasteiger partial charge in [0.25, 0.3) is 0 Å². The molecule has 0 aliphatic rings. The maximum absolute atomic E-state index is 13.8. The van der Waals surface area contributed by atoms with Crippen LogP contribution in [-0.4, -0.2) is 60.5 Å². The van der Waals surface area contributed by atoms with Gasteiger partial charge in [-0.2, -0.15) is 5.09 Å². The Kier molecular flexibility index (Phi) is 11.3. The van der Waals surface area contributed by atoms with E-state index in [1.54, 1.807) is 48.5 Å². The number of benzene rings is 2. The van der Waals surface area contributed by atoms with Crippen LogP contribution in [0.4, 0.5) is 0 Å². The van der Waals surface area contributed by atoms with Crippen molar-refractivity contribution in [2.24, 2.45) is 5.41 Å². The second kappa shape index (κ2) is 13.9. The van der Waals surface area contributed by atoms with Crippen molar-refractivity contribution in [1.29, 1.82) is 0 Å². The average molecular weight is 537 g/mol. The van der Waals surface area contributed by atoms with Crippen molar-refractivity contribution in [2.75, 3.05) is 20.3 Å². The minimum atomic E-state index is -4.33. The molecule has 0 bridgehead atoms. The number of methoxy groups -OCH3 is 1. The predicted molar refractivity (Wildman–Crippen MR) is 135 cm³/mol. The second-order valence-electron chi connectivity index (χ2n) is 8.89. The van der Waals surface area contributed by atoms with Crippen LogP contribution in [0.5, 0.6) is 5.75 Å². The molecule has 0 heterocycles. The van der Waals surface area contributed by atoms with Crippen molar-refractivity contribution in [1.82, 2.24) is 10.4 Å². The summed E-state index contributed by atoms with van der Waals surface area (Å²) in [5, 5.41) is 25.3. The van der Waals surface area contributed by atoms with E-state index in [9.17, 15) is 29.2 Å². The molecular weight excluding hydrogens is 503 g/mol. The van der Waals surface area contributed by atoms with Crippen molar-refractivity contribution in [2.45, 2.75) is 38.8 Å². The van der Waals surface area contributed by atoms with Gasteiger partial charge in [0.1, 0.15) is 17.9 Å². The Morgan fingerprint density at radius 1 is 1.03 bits per heavy atom. The lowest BCUT2D eigenvalue weighted by Crippen LogP contribution is -2.47. The van der Waals surface area contributed by atoms with Gasteiger partial charge in [-0.25, -0.2) is 4.57 Å². The molecule has 0 aliphatic carbocycles. The summed E-state index contributed by atoms with van der Waals surface area (Å²) in [6.45, 7) is 2.52. The number of carbonyl (C=O) groups excluding carboxylic acids is 2. The molecule has 0 saturated heterocycles.